The van der Waals surface area contributed by atoms with Gasteiger partial charge >= 0.3 is 0 Å². The summed E-state index contributed by atoms with van der Waals surface area (Å²) in [5.74, 6) is 0. The first-order valence-electron chi connectivity index (χ1n) is 7.02. The lowest BCUT2D eigenvalue weighted by atomic mass is 10.1. The molecule has 0 saturated heterocycles. The van der Waals surface area contributed by atoms with E-state index in [4.69, 9.17) is 0 Å². The molecule has 2 rings (SSSR count). The third-order valence-corrected chi connectivity index (χ3v) is 3.87. The third kappa shape index (κ3) is 3.48. The second-order valence-corrected chi connectivity index (χ2v) is 5.89. The van der Waals surface area contributed by atoms with Crippen LogP contribution in [0.5, 0.6) is 0 Å². The minimum absolute atomic E-state index is 0.777. The first kappa shape index (κ1) is 13.9. The van der Waals surface area contributed by atoms with Crippen molar-refractivity contribution in [3.05, 3.63) is 28.2 Å². The van der Waals surface area contributed by atoms with Crippen LogP contribution in [0, 0.1) is 0 Å². The maximum absolute atomic E-state index is 3.61. The van der Waals surface area contributed by atoms with Crippen molar-refractivity contribution in [2.24, 2.45) is 0 Å². The van der Waals surface area contributed by atoms with Crippen LogP contribution in [-0.4, -0.2) is 19.1 Å². The Kier molecular flexibility index (Phi) is 5.07. The molecule has 100 valence electrons. The molecule has 1 aromatic carbocycles. The predicted molar refractivity (Wildman–Crippen MR) is 82.2 cm³/mol. The van der Waals surface area contributed by atoms with E-state index in [1.807, 2.05) is 0 Å². The van der Waals surface area contributed by atoms with Gasteiger partial charge in [0.15, 0.2) is 0 Å². The van der Waals surface area contributed by atoms with Crippen LogP contribution in [-0.2, 0) is 6.54 Å². The van der Waals surface area contributed by atoms with Crippen LogP contribution in [0.15, 0.2) is 22.7 Å². The highest BCUT2D eigenvalue weighted by molar-refractivity contribution is 9.10. The highest BCUT2D eigenvalue weighted by Crippen LogP contribution is 2.35. The monoisotopic (exact) mass is 310 g/mol. The van der Waals surface area contributed by atoms with E-state index in [-0.39, 0.29) is 0 Å². The van der Waals surface area contributed by atoms with Gasteiger partial charge in [-0.25, -0.2) is 0 Å². The van der Waals surface area contributed by atoms with Crippen molar-refractivity contribution in [3.63, 3.8) is 0 Å². The van der Waals surface area contributed by atoms with Crippen LogP contribution in [0.1, 0.15) is 38.7 Å². The van der Waals surface area contributed by atoms with Gasteiger partial charge in [0.05, 0.1) is 0 Å². The van der Waals surface area contributed by atoms with Crippen molar-refractivity contribution in [2.45, 2.75) is 45.7 Å². The van der Waals surface area contributed by atoms with Crippen LogP contribution in [0.2, 0.25) is 0 Å². The quantitative estimate of drug-likeness (QED) is 0.820. The third-order valence-electron chi connectivity index (χ3n) is 3.37. The van der Waals surface area contributed by atoms with Gasteiger partial charge in [0.1, 0.15) is 0 Å². The normalized spacial score (nSPS) is 14.8. The molecule has 1 fully saturated rings. The van der Waals surface area contributed by atoms with Crippen molar-refractivity contribution in [3.8, 4) is 0 Å². The topological polar surface area (TPSA) is 15.3 Å². The average molecular weight is 311 g/mol. The number of benzene rings is 1. The number of nitrogens with zero attached hydrogens (tertiary/aromatic N) is 1. The second kappa shape index (κ2) is 6.58. The Labute approximate surface area is 119 Å². The summed E-state index contributed by atoms with van der Waals surface area (Å²) in [6.07, 6.45) is 3.92. The molecule has 1 aromatic rings. The standard InChI is InChI=1S/C15H23BrN2/c1-3-9-18(14-7-8-14)15-10-13(16)6-5-12(15)11-17-4-2/h5-6,10,14,17H,3-4,7-9,11H2,1-2H3. The zero-order valence-electron chi connectivity index (χ0n) is 11.4. The zero-order valence-corrected chi connectivity index (χ0v) is 13.0. The summed E-state index contributed by atoms with van der Waals surface area (Å²) in [5.41, 5.74) is 2.83. The lowest BCUT2D eigenvalue weighted by Gasteiger charge is -2.27. The van der Waals surface area contributed by atoms with Gasteiger partial charge in [-0.1, -0.05) is 35.8 Å². The molecule has 1 saturated carbocycles. The summed E-state index contributed by atoms with van der Waals surface area (Å²) in [7, 11) is 0. The fourth-order valence-corrected chi connectivity index (χ4v) is 2.69. The van der Waals surface area contributed by atoms with Gasteiger partial charge in [0.25, 0.3) is 0 Å². The molecule has 0 atom stereocenters. The highest BCUT2D eigenvalue weighted by atomic mass is 79.9. The first-order valence-corrected chi connectivity index (χ1v) is 7.81. The van der Waals surface area contributed by atoms with Crippen LogP contribution in [0.3, 0.4) is 0 Å². The van der Waals surface area contributed by atoms with Crippen LogP contribution in [0.25, 0.3) is 0 Å². The largest absolute Gasteiger partial charge is 0.368 e. The number of anilines is 1. The molecular weight excluding hydrogens is 288 g/mol. The van der Waals surface area contributed by atoms with Crippen molar-refractivity contribution in [1.82, 2.24) is 5.32 Å². The van der Waals surface area contributed by atoms with Gasteiger partial charge < -0.3 is 10.2 Å². The Balaban J connectivity index is 2.23. The van der Waals surface area contributed by atoms with Crippen LogP contribution in [0.4, 0.5) is 5.69 Å². The molecule has 18 heavy (non-hydrogen) atoms. The van der Waals surface area contributed by atoms with E-state index < -0.39 is 0 Å². The minimum atomic E-state index is 0.777. The molecule has 0 radical (unpaired) electrons. The van der Waals surface area contributed by atoms with Crippen molar-refractivity contribution in [2.75, 3.05) is 18.0 Å². The second-order valence-electron chi connectivity index (χ2n) is 4.98. The van der Waals surface area contributed by atoms with Gasteiger partial charge in [-0.2, -0.15) is 0 Å². The molecule has 1 aliphatic carbocycles. The van der Waals surface area contributed by atoms with Gasteiger partial charge in [-0.3, -0.25) is 0 Å². The van der Waals surface area contributed by atoms with E-state index >= 15 is 0 Å². The van der Waals surface area contributed by atoms with E-state index in [2.05, 4.69) is 58.2 Å². The molecule has 2 nitrogen and oxygen atoms in total. The fraction of sp³-hybridized carbons (Fsp3) is 0.600. The number of hydrogen-bond acceptors (Lipinski definition) is 2. The maximum Gasteiger partial charge on any atom is 0.0425 e. The van der Waals surface area contributed by atoms with Crippen molar-refractivity contribution >= 4 is 21.6 Å². The van der Waals surface area contributed by atoms with Crippen molar-refractivity contribution < 1.29 is 0 Å². The Morgan fingerprint density at radius 2 is 2.11 bits per heavy atom. The SMILES string of the molecule is CCCN(c1cc(Br)ccc1CNCC)C1CC1. The van der Waals surface area contributed by atoms with Gasteiger partial charge in [0, 0.05) is 29.3 Å². The first-order chi connectivity index (χ1) is 8.76. The van der Waals surface area contributed by atoms with E-state index in [0.717, 1.165) is 19.1 Å². The summed E-state index contributed by atoms with van der Waals surface area (Å²) in [6, 6.07) is 7.45. The Hall–Kier alpha value is -0.540. The van der Waals surface area contributed by atoms with Gasteiger partial charge in [-0.05, 0) is 43.5 Å². The molecule has 1 N–H and O–H groups in total. The summed E-state index contributed by atoms with van der Waals surface area (Å²) in [4.78, 5) is 2.59. The maximum atomic E-state index is 3.61. The number of rotatable bonds is 7. The molecule has 0 amide bonds. The van der Waals surface area contributed by atoms with Crippen LogP contribution >= 0.6 is 15.9 Å². The molecule has 0 aromatic heterocycles. The minimum Gasteiger partial charge on any atom is -0.368 e. The van der Waals surface area contributed by atoms with E-state index in [0.29, 0.717) is 0 Å². The molecule has 0 bridgehead atoms. The fourth-order valence-electron chi connectivity index (χ4n) is 2.34. The van der Waals surface area contributed by atoms with Gasteiger partial charge in [0.2, 0.25) is 0 Å². The Morgan fingerprint density at radius 3 is 2.72 bits per heavy atom. The molecule has 0 aliphatic heterocycles. The summed E-state index contributed by atoms with van der Waals surface area (Å²) >= 11 is 3.61. The molecule has 0 heterocycles. The number of nitrogens with one attached hydrogen (secondary N) is 1. The lowest BCUT2D eigenvalue weighted by Crippen LogP contribution is -2.28. The Bertz CT molecular complexity index is 388. The van der Waals surface area contributed by atoms with Crippen LogP contribution < -0.4 is 10.2 Å². The smallest absolute Gasteiger partial charge is 0.0425 e. The Morgan fingerprint density at radius 1 is 1.33 bits per heavy atom. The number of halogens is 1. The molecule has 3 heteroatoms. The lowest BCUT2D eigenvalue weighted by molar-refractivity contribution is 0.710. The van der Waals surface area contributed by atoms with E-state index in [9.17, 15) is 0 Å². The summed E-state index contributed by atoms with van der Waals surface area (Å²) in [5, 5.41) is 3.44. The molecule has 0 unspecified atom stereocenters. The summed E-state index contributed by atoms with van der Waals surface area (Å²) < 4.78 is 1.18. The molecule has 1 aliphatic rings. The molecular formula is C15H23BrN2. The predicted octanol–water partition coefficient (Wildman–Crippen LogP) is 3.94. The summed E-state index contributed by atoms with van der Waals surface area (Å²) in [6.45, 7) is 7.57. The van der Waals surface area contributed by atoms with Gasteiger partial charge in [-0.15, -0.1) is 0 Å². The average Bonchev–Trinajstić information content (AvgIpc) is 3.19. The van der Waals surface area contributed by atoms with E-state index in [1.54, 1.807) is 0 Å². The van der Waals surface area contributed by atoms with E-state index in [1.165, 1.54) is 41.5 Å². The molecule has 0 spiro atoms. The van der Waals surface area contributed by atoms with Crippen molar-refractivity contribution in [1.29, 1.82) is 0 Å². The highest BCUT2D eigenvalue weighted by Gasteiger charge is 2.29. The zero-order chi connectivity index (χ0) is 13.0. The number of hydrogen-bond donors (Lipinski definition) is 1.